The van der Waals surface area contributed by atoms with Crippen molar-refractivity contribution in [3.05, 3.63) is 11.6 Å². The van der Waals surface area contributed by atoms with Crippen LogP contribution in [0.25, 0.3) is 0 Å². The molecular formula is C17H24O7. The molecule has 3 fully saturated rings. The average Bonchev–Trinajstić information content (AvgIpc) is 3.27. The largest absolute Gasteiger partial charge is 0.460 e. The molecule has 2 aliphatic carbocycles. The summed E-state index contributed by atoms with van der Waals surface area (Å²) < 4.78 is 17.5. The third kappa shape index (κ3) is 1.62. The highest BCUT2D eigenvalue weighted by Crippen LogP contribution is 2.71. The van der Waals surface area contributed by atoms with E-state index in [4.69, 9.17) is 14.2 Å². The van der Waals surface area contributed by atoms with E-state index in [1.165, 1.54) is 6.92 Å². The summed E-state index contributed by atoms with van der Waals surface area (Å²) in [6.07, 6.45) is -1.61. The van der Waals surface area contributed by atoms with Crippen LogP contribution < -0.4 is 0 Å². The first-order valence-corrected chi connectivity index (χ1v) is 8.35. The molecule has 4 rings (SSSR count). The van der Waals surface area contributed by atoms with Crippen LogP contribution in [-0.2, 0) is 19.0 Å². The molecule has 0 unspecified atom stereocenters. The molecule has 7 heteroatoms. The van der Waals surface area contributed by atoms with Gasteiger partial charge in [0.05, 0.1) is 30.8 Å². The fraction of sp³-hybridized carbons (Fsp3) is 0.824. The van der Waals surface area contributed by atoms with Crippen molar-refractivity contribution in [2.24, 2.45) is 10.8 Å². The zero-order valence-corrected chi connectivity index (χ0v) is 14.1. The van der Waals surface area contributed by atoms with Gasteiger partial charge in [0.2, 0.25) is 0 Å². The van der Waals surface area contributed by atoms with Crippen molar-refractivity contribution in [1.82, 2.24) is 0 Å². The van der Waals surface area contributed by atoms with Crippen LogP contribution in [0.2, 0.25) is 0 Å². The van der Waals surface area contributed by atoms with Crippen LogP contribution in [0.15, 0.2) is 11.6 Å². The van der Waals surface area contributed by atoms with Gasteiger partial charge in [-0.05, 0) is 18.9 Å². The molecule has 3 N–H and O–H groups in total. The molecule has 4 aliphatic rings. The molecule has 0 amide bonds. The van der Waals surface area contributed by atoms with Gasteiger partial charge >= 0.3 is 5.97 Å². The van der Waals surface area contributed by atoms with E-state index in [2.05, 4.69) is 0 Å². The molecule has 8 atom stereocenters. The summed E-state index contributed by atoms with van der Waals surface area (Å²) in [6.45, 7) is 5.08. The fourth-order valence-corrected chi connectivity index (χ4v) is 5.46. The van der Waals surface area contributed by atoms with E-state index in [-0.39, 0.29) is 6.61 Å². The van der Waals surface area contributed by atoms with Gasteiger partial charge in [0, 0.05) is 12.3 Å². The summed E-state index contributed by atoms with van der Waals surface area (Å²) >= 11 is 0. The second-order valence-electron chi connectivity index (χ2n) is 7.84. The molecule has 0 aromatic carbocycles. The number of carbonyl (C=O) groups excluding carboxylic acids is 1. The molecule has 2 heterocycles. The Morgan fingerprint density at radius 1 is 1.46 bits per heavy atom. The summed E-state index contributed by atoms with van der Waals surface area (Å²) in [7, 11) is 0. The lowest BCUT2D eigenvalue weighted by Gasteiger charge is -2.59. The number of rotatable bonds is 2. The summed E-state index contributed by atoms with van der Waals surface area (Å²) in [5.41, 5.74) is -1.91. The maximum Gasteiger partial charge on any atom is 0.302 e. The Hall–Kier alpha value is -0.990. The maximum absolute atomic E-state index is 11.5. The van der Waals surface area contributed by atoms with Crippen molar-refractivity contribution in [2.45, 2.75) is 63.3 Å². The van der Waals surface area contributed by atoms with Crippen molar-refractivity contribution in [3.8, 4) is 0 Å². The highest BCUT2D eigenvalue weighted by Gasteiger charge is 2.83. The van der Waals surface area contributed by atoms with Crippen molar-refractivity contribution in [1.29, 1.82) is 0 Å². The lowest BCUT2D eigenvalue weighted by Crippen LogP contribution is -2.71. The Labute approximate surface area is 140 Å². The Morgan fingerprint density at radius 2 is 2.12 bits per heavy atom. The number of esters is 1. The van der Waals surface area contributed by atoms with Crippen molar-refractivity contribution in [3.63, 3.8) is 0 Å². The zero-order chi connectivity index (χ0) is 17.5. The number of carbonyl (C=O) groups is 1. The Balaban J connectivity index is 1.86. The average molecular weight is 340 g/mol. The second kappa shape index (κ2) is 4.80. The number of aliphatic hydroxyl groups is 3. The Bertz CT molecular complexity index is 612. The third-order valence-electron chi connectivity index (χ3n) is 6.91. The monoisotopic (exact) mass is 340 g/mol. The van der Waals surface area contributed by atoms with Crippen LogP contribution in [0.5, 0.6) is 0 Å². The van der Waals surface area contributed by atoms with Gasteiger partial charge in [0.25, 0.3) is 0 Å². The van der Waals surface area contributed by atoms with Crippen LogP contribution in [0, 0.1) is 10.8 Å². The predicted octanol–water partition coefficient (Wildman–Crippen LogP) is -0.475. The van der Waals surface area contributed by atoms with Gasteiger partial charge in [-0.3, -0.25) is 4.79 Å². The fourth-order valence-electron chi connectivity index (χ4n) is 5.46. The number of fused-ring (bicyclic) bond motifs is 2. The number of epoxide rings is 1. The minimum Gasteiger partial charge on any atom is -0.460 e. The molecule has 0 aromatic heterocycles. The topological polar surface area (TPSA) is 109 Å². The Morgan fingerprint density at radius 3 is 2.67 bits per heavy atom. The van der Waals surface area contributed by atoms with Gasteiger partial charge in [-0.25, -0.2) is 0 Å². The highest BCUT2D eigenvalue weighted by atomic mass is 16.7. The van der Waals surface area contributed by atoms with Crippen LogP contribution >= 0.6 is 0 Å². The standard InChI is InChI=1S/C17H24O7/c1-8-4-11-16(6-18,13(21)12(8)20)15(3)5-10(23-9(2)19)14(24-11)17(15)7-22-17/h4,10-14,18,20-21H,5-7H2,1-3H3/t10-,11+,12-,13-,14-,15-,16-,17+/m1/s1. The molecule has 134 valence electrons. The number of hydrogen-bond acceptors (Lipinski definition) is 7. The first kappa shape index (κ1) is 16.5. The van der Waals surface area contributed by atoms with Gasteiger partial charge in [-0.15, -0.1) is 0 Å². The van der Waals surface area contributed by atoms with Gasteiger partial charge in [-0.2, -0.15) is 0 Å². The lowest BCUT2D eigenvalue weighted by molar-refractivity contribution is -0.262. The zero-order valence-electron chi connectivity index (χ0n) is 14.1. The molecule has 1 spiro atoms. The molecule has 0 radical (unpaired) electrons. The molecular weight excluding hydrogens is 316 g/mol. The molecule has 2 bridgehead atoms. The smallest absolute Gasteiger partial charge is 0.302 e. The van der Waals surface area contributed by atoms with Crippen molar-refractivity contribution in [2.75, 3.05) is 13.2 Å². The van der Waals surface area contributed by atoms with Gasteiger partial charge < -0.3 is 29.5 Å². The van der Waals surface area contributed by atoms with Crippen molar-refractivity contribution < 1.29 is 34.3 Å². The third-order valence-corrected chi connectivity index (χ3v) is 6.91. The minimum atomic E-state index is -1.19. The normalized spacial score (nSPS) is 55.1. The van der Waals surface area contributed by atoms with E-state index < -0.39 is 52.9 Å². The summed E-state index contributed by atoms with van der Waals surface area (Å²) in [5.74, 6) is -0.399. The summed E-state index contributed by atoms with van der Waals surface area (Å²) in [5, 5.41) is 31.6. The molecule has 2 saturated heterocycles. The lowest BCUT2D eigenvalue weighted by atomic mass is 9.50. The SMILES string of the molecule is CC(=O)O[C@@H]1C[C@]2(C)[C@]3(CO)[C@H](C=C(C)[C@@H](O)[C@H]3O)O[C@H]1[C@@]21CO1. The van der Waals surface area contributed by atoms with Crippen LogP contribution in [0.3, 0.4) is 0 Å². The molecule has 7 nitrogen and oxygen atoms in total. The quantitative estimate of drug-likeness (QED) is 0.354. The van der Waals surface area contributed by atoms with E-state index in [0.717, 1.165) is 0 Å². The molecule has 0 aromatic rings. The number of aliphatic hydroxyl groups excluding tert-OH is 3. The number of ether oxygens (including phenoxy) is 3. The number of hydrogen-bond donors (Lipinski definition) is 3. The van der Waals surface area contributed by atoms with Crippen LogP contribution in [0.1, 0.15) is 27.2 Å². The van der Waals surface area contributed by atoms with Gasteiger partial charge in [-0.1, -0.05) is 13.0 Å². The molecule has 24 heavy (non-hydrogen) atoms. The predicted molar refractivity (Wildman–Crippen MR) is 80.9 cm³/mol. The minimum absolute atomic E-state index is 0.360. The second-order valence-corrected chi connectivity index (χ2v) is 7.84. The Kier molecular flexibility index (Phi) is 3.29. The van der Waals surface area contributed by atoms with Crippen LogP contribution in [0.4, 0.5) is 0 Å². The van der Waals surface area contributed by atoms with E-state index >= 15 is 0 Å². The maximum atomic E-state index is 11.5. The van der Waals surface area contributed by atoms with E-state index in [1.807, 2.05) is 6.92 Å². The van der Waals surface area contributed by atoms with Gasteiger partial charge in [0.15, 0.2) is 0 Å². The van der Waals surface area contributed by atoms with E-state index in [0.29, 0.717) is 18.6 Å². The molecule has 2 aliphatic heterocycles. The van der Waals surface area contributed by atoms with E-state index in [1.54, 1.807) is 13.0 Å². The van der Waals surface area contributed by atoms with Crippen LogP contribution in [-0.4, -0.2) is 70.6 Å². The van der Waals surface area contributed by atoms with Gasteiger partial charge in [0.1, 0.15) is 23.9 Å². The highest BCUT2D eigenvalue weighted by molar-refractivity contribution is 5.66. The molecule has 1 saturated carbocycles. The summed E-state index contributed by atoms with van der Waals surface area (Å²) in [4.78, 5) is 11.5. The first-order valence-electron chi connectivity index (χ1n) is 8.35. The van der Waals surface area contributed by atoms with E-state index in [9.17, 15) is 20.1 Å². The first-order chi connectivity index (χ1) is 11.2. The summed E-state index contributed by atoms with van der Waals surface area (Å²) in [6, 6.07) is 0. The van der Waals surface area contributed by atoms with Crippen molar-refractivity contribution >= 4 is 5.97 Å².